The Labute approximate surface area is 219 Å². The van der Waals surface area contributed by atoms with Crippen LogP contribution in [0.15, 0.2) is 48.8 Å². The fraction of sp³-hybridized carbons (Fsp3) is 0.308. The molecule has 37 heavy (non-hydrogen) atoms. The van der Waals surface area contributed by atoms with Crippen LogP contribution in [0.2, 0.25) is 5.02 Å². The van der Waals surface area contributed by atoms with Crippen LogP contribution in [-0.2, 0) is 0 Å². The molecule has 0 aliphatic carbocycles. The van der Waals surface area contributed by atoms with Crippen molar-refractivity contribution in [2.75, 3.05) is 58.7 Å². The number of amides is 1. The smallest absolute Gasteiger partial charge is 0.270 e. The second-order valence-corrected chi connectivity index (χ2v) is 9.69. The molecule has 0 radical (unpaired) electrons. The highest BCUT2D eigenvalue weighted by Gasteiger charge is 2.19. The third-order valence-corrected chi connectivity index (χ3v) is 6.83. The van der Waals surface area contributed by atoms with Crippen molar-refractivity contribution < 1.29 is 9.18 Å². The standard InChI is InChI=1S/C26H28ClFN8O/c1-34-7-10-36(11-8-34)12-9-35(2)26(37)24-15-20-22(5-6-29-25(20)32-24)31-18-14-23(33-30-16-18)19-13-17(27)3-4-21(19)28/h3-6,13-16H,7-12H2,1-2H3,(H2,29,31,32,33). The topological polar surface area (TPSA) is 93.3 Å². The Bertz CT molecular complexity index is 1420. The van der Waals surface area contributed by atoms with Crippen LogP contribution in [0.3, 0.4) is 0 Å². The number of halogens is 2. The van der Waals surface area contributed by atoms with Gasteiger partial charge in [-0.3, -0.25) is 9.69 Å². The van der Waals surface area contributed by atoms with E-state index in [0.717, 1.165) is 43.8 Å². The number of carbonyl (C=O) groups excluding carboxylic acids is 1. The van der Waals surface area contributed by atoms with E-state index >= 15 is 0 Å². The molecule has 1 aliphatic rings. The second kappa shape index (κ2) is 10.8. The van der Waals surface area contributed by atoms with E-state index in [0.29, 0.717) is 34.3 Å². The molecule has 1 fully saturated rings. The molecule has 5 rings (SSSR count). The van der Waals surface area contributed by atoms with E-state index in [2.05, 4.69) is 42.3 Å². The van der Waals surface area contributed by atoms with Crippen LogP contribution in [0.25, 0.3) is 22.3 Å². The van der Waals surface area contributed by atoms with Crippen LogP contribution in [0.1, 0.15) is 10.5 Å². The summed E-state index contributed by atoms with van der Waals surface area (Å²) in [5.74, 6) is -0.532. The lowest BCUT2D eigenvalue weighted by Gasteiger charge is -2.33. The summed E-state index contributed by atoms with van der Waals surface area (Å²) in [6.45, 7) is 5.60. The largest absolute Gasteiger partial charge is 0.354 e. The first-order valence-electron chi connectivity index (χ1n) is 12.1. The zero-order valence-electron chi connectivity index (χ0n) is 20.7. The number of H-pyrrole nitrogens is 1. The SMILES string of the molecule is CN1CCN(CCN(C)C(=O)c2cc3c(Nc4cnnc(-c5cc(Cl)ccc5F)c4)ccnc3[nH]2)CC1. The zero-order chi connectivity index (χ0) is 25.9. The predicted octanol–water partition coefficient (Wildman–Crippen LogP) is 3.88. The number of rotatable bonds is 7. The minimum absolute atomic E-state index is 0.0950. The van der Waals surface area contributed by atoms with Gasteiger partial charge in [0.1, 0.15) is 17.2 Å². The molecule has 192 valence electrons. The first kappa shape index (κ1) is 25.1. The van der Waals surface area contributed by atoms with Gasteiger partial charge in [0.2, 0.25) is 0 Å². The Kier molecular flexibility index (Phi) is 7.31. The van der Waals surface area contributed by atoms with Crippen molar-refractivity contribution in [3.63, 3.8) is 0 Å². The molecular formula is C26H28ClFN8O. The number of hydrogen-bond acceptors (Lipinski definition) is 7. The second-order valence-electron chi connectivity index (χ2n) is 9.25. The van der Waals surface area contributed by atoms with Gasteiger partial charge in [0.15, 0.2) is 0 Å². The Morgan fingerprint density at radius 1 is 1.19 bits per heavy atom. The van der Waals surface area contributed by atoms with Crippen LogP contribution in [0, 0.1) is 5.82 Å². The zero-order valence-corrected chi connectivity index (χ0v) is 21.5. The fourth-order valence-electron chi connectivity index (χ4n) is 4.34. The minimum atomic E-state index is -0.437. The lowest BCUT2D eigenvalue weighted by molar-refractivity contribution is 0.0755. The number of nitrogens with one attached hydrogen (secondary N) is 2. The van der Waals surface area contributed by atoms with Crippen LogP contribution in [-0.4, -0.2) is 94.1 Å². The van der Waals surface area contributed by atoms with Crippen molar-refractivity contribution in [2.24, 2.45) is 0 Å². The Morgan fingerprint density at radius 2 is 2.00 bits per heavy atom. The first-order chi connectivity index (χ1) is 17.9. The molecule has 3 aromatic heterocycles. The Hall–Kier alpha value is -3.60. The van der Waals surface area contributed by atoms with Gasteiger partial charge >= 0.3 is 0 Å². The molecule has 0 atom stereocenters. The Morgan fingerprint density at radius 3 is 2.81 bits per heavy atom. The number of fused-ring (bicyclic) bond motifs is 1. The number of piperazine rings is 1. The van der Waals surface area contributed by atoms with E-state index in [1.54, 1.807) is 29.4 Å². The maximum Gasteiger partial charge on any atom is 0.270 e. The van der Waals surface area contributed by atoms with Gasteiger partial charge in [0.25, 0.3) is 5.91 Å². The number of aromatic amines is 1. The van der Waals surface area contributed by atoms with Crippen molar-refractivity contribution in [2.45, 2.75) is 0 Å². The number of likely N-dealkylation sites (N-methyl/N-ethyl adjacent to an activating group) is 2. The molecule has 1 amide bonds. The van der Waals surface area contributed by atoms with E-state index < -0.39 is 5.82 Å². The third-order valence-electron chi connectivity index (χ3n) is 6.59. The van der Waals surface area contributed by atoms with Crippen molar-refractivity contribution in [3.8, 4) is 11.3 Å². The maximum absolute atomic E-state index is 14.3. The molecule has 9 nitrogen and oxygen atoms in total. The first-order valence-corrected chi connectivity index (χ1v) is 12.4. The van der Waals surface area contributed by atoms with Crippen molar-refractivity contribution in [1.29, 1.82) is 0 Å². The van der Waals surface area contributed by atoms with E-state index in [4.69, 9.17) is 11.6 Å². The minimum Gasteiger partial charge on any atom is -0.354 e. The average molecular weight is 523 g/mol. The molecule has 1 aromatic carbocycles. The highest BCUT2D eigenvalue weighted by atomic mass is 35.5. The molecule has 2 N–H and O–H groups in total. The molecule has 4 heterocycles. The van der Waals surface area contributed by atoms with Gasteiger partial charge in [-0.05, 0) is 43.4 Å². The summed E-state index contributed by atoms with van der Waals surface area (Å²) in [5, 5.41) is 12.5. The Balaban J connectivity index is 1.32. The number of aromatic nitrogens is 4. The van der Waals surface area contributed by atoms with Crippen LogP contribution < -0.4 is 5.32 Å². The summed E-state index contributed by atoms with van der Waals surface area (Å²) in [5.41, 5.74) is 3.00. The van der Waals surface area contributed by atoms with Gasteiger partial charge < -0.3 is 20.1 Å². The molecule has 11 heteroatoms. The van der Waals surface area contributed by atoms with Crippen LogP contribution in [0.5, 0.6) is 0 Å². The average Bonchev–Trinajstić information content (AvgIpc) is 3.35. The summed E-state index contributed by atoms with van der Waals surface area (Å²) in [6, 6.07) is 9.59. The van der Waals surface area contributed by atoms with Gasteiger partial charge in [-0.25, -0.2) is 9.37 Å². The van der Waals surface area contributed by atoms with Crippen molar-refractivity contribution in [1.82, 2.24) is 34.9 Å². The molecule has 1 aliphatic heterocycles. The number of hydrogen-bond donors (Lipinski definition) is 2. The van der Waals surface area contributed by atoms with E-state index in [-0.39, 0.29) is 11.5 Å². The summed E-state index contributed by atoms with van der Waals surface area (Å²) in [7, 11) is 3.94. The van der Waals surface area contributed by atoms with Crippen molar-refractivity contribution in [3.05, 3.63) is 65.3 Å². The van der Waals surface area contributed by atoms with E-state index in [1.807, 2.05) is 13.1 Å². The normalized spacial score (nSPS) is 14.7. The monoisotopic (exact) mass is 522 g/mol. The maximum atomic E-state index is 14.3. The number of benzene rings is 1. The van der Waals surface area contributed by atoms with Crippen molar-refractivity contribution >= 4 is 39.9 Å². The van der Waals surface area contributed by atoms with E-state index in [9.17, 15) is 9.18 Å². The lowest BCUT2D eigenvalue weighted by atomic mass is 10.1. The van der Waals surface area contributed by atoms with Gasteiger partial charge in [-0.2, -0.15) is 10.2 Å². The molecular weight excluding hydrogens is 495 g/mol. The van der Waals surface area contributed by atoms with Crippen LogP contribution in [0.4, 0.5) is 15.8 Å². The molecule has 0 bridgehead atoms. The number of anilines is 2. The molecule has 0 spiro atoms. The third kappa shape index (κ3) is 5.71. The highest BCUT2D eigenvalue weighted by Crippen LogP contribution is 2.29. The molecule has 4 aromatic rings. The summed E-state index contributed by atoms with van der Waals surface area (Å²) in [6.07, 6.45) is 3.20. The number of carbonyl (C=O) groups is 1. The van der Waals surface area contributed by atoms with E-state index in [1.165, 1.54) is 18.2 Å². The quantitative estimate of drug-likeness (QED) is 0.380. The summed E-state index contributed by atoms with van der Waals surface area (Å²) < 4.78 is 14.3. The van der Waals surface area contributed by atoms with Gasteiger partial charge in [-0.1, -0.05) is 11.6 Å². The molecule has 0 unspecified atom stereocenters. The van der Waals surface area contributed by atoms with Gasteiger partial charge in [0, 0.05) is 68.5 Å². The van der Waals surface area contributed by atoms with Crippen LogP contribution >= 0.6 is 11.6 Å². The van der Waals surface area contributed by atoms with Gasteiger partial charge in [0.05, 0.1) is 23.3 Å². The van der Waals surface area contributed by atoms with Gasteiger partial charge in [-0.15, -0.1) is 0 Å². The number of pyridine rings is 1. The fourth-order valence-corrected chi connectivity index (χ4v) is 4.51. The summed E-state index contributed by atoms with van der Waals surface area (Å²) >= 11 is 6.04. The molecule has 1 saturated heterocycles. The summed E-state index contributed by atoms with van der Waals surface area (Å²) in [4.78, 5) is 27.1. The molecule has 0 saturated carbocycles. The highest BCUT2D eigenvalue weighted by molar-refractivity contribution is 6.30. The number of nitrogens with zero attached hydrogens (tertiary/aromatic N) is 6. The lowest BCUT2D eigenvalue weighted by Crippen LogP contribution is -2.47. The predicted molar refractivity (Wildman–Crippen MR) is 143 cm³/mol.